The third-order valence-electron chi connectivity index (χ3n) is 1.47. The van der Waals surface area contributed by atoms with Gasteiger partial charge in [0, 0.05) is 6.92 Å². The zero-order valence-electron chi connectivity index (χ0n) is 6.72. The highest BCUT2D eigenvalue weighted by Crippen LogP contribution is 2.04. The summed E-state index contributed by atoms with van der Waals surface area (Å²) in [5, 5.41) is 6.60. The van der Waals surface area contributed by atoms with Gasteiger partial charge in [-0.3, -0.25) is 14.9 Å². The smallest absolute Gasteiger partial charge is 0.323 e. The van der Waals surface area contributed by atoms with Crippen molar-refractivity contribution >= 4 is 17.8 Å². The van der Waals surface area contributed by atoms with Gasteiger partial charge in [0.2, 0.25) is 5.91 Å². The normalized spacial score (nSPS) is 27.8. The van der Waals surface area contributed by atoms with Crippen LogP contribution in [0.25, 0.3) is 0 Å². The van der Waals surface area contributed by atoms with Crippen molar-refractivity contribution in [1.29, 1.82) is 0 Å². The van der Waals surface area contributed by atoms with Gasteiger partial charge in [0.15, 0.2) is 5.66 Å². The molecule has 0 aromatic carbocycles. The zero-order valence-corrected chi connectivity index (χ0v) is 6.72. The van der Waals surface area contributed by atoms with Gasteiger partial charge in [0.05, 0.1) is 0 Å². The minimum Gasteiger partial charge on any atom is -0.326 e. The second kappa shape index (κ2) is 2.47. The molecule has 1 rings (SSSR count). The van der Waals surface area contributed by atoms with Crippen LogP contribution in [0.5, 0.6) is 0 Å². The van der Waals surface area contributed by atoms with E-state index in [9.17, 15) is 14.4 Å². The molecule has 1 fully saturated rings. The molecule has 0 bridgehead atoms. The molecule has 3 N–H and O–H groups in total. The lowest BCUT2D eigenvalue weighted by Crippen LogP contribution is -2.57. The molecular weight excluding hydrogens is 162 g/mol. The highest BCUT2D eigenvalue weighted by molar-refractivity contribution is 6.07. The highest BCUT2D eigenvalue weighted by Gasteiger charge is 2.42. The van der Waals surface area contributed by atoms with Gasteiger partial charge in [0.1, 0.15) is 0 Å². The summed E-state index contributed by atoms with van der Waals surface area (Å²) in [7, 11) is 0. The average molecular weight is 171 g/mol. The van der Waals surface area contributed by atoms with Crippen LogP contribution in [-0.4, -0.2) is 23.5 Å². The van der Waals surface area contributed by atoms with Crippen molar-refractivity contribution in [3.8, 4) is 0 Å². The van der Waals surface area contributed by atoms with Gasteiger partial charge in [-0.1, -0.05) is 0 Å². The second-order valence-corrected chi connectivity index (χ2v) is 2.71. The molecule has 66 valence electrons. The highest BCUT2D eigenvalue weighted by atomic mass is 16.2. The first-order valence-electron chi connectivity index (χ1n) is 3.36. The fraction of sp³-hybridized carbons (Fsp3) is 0.500. The summed E-state index contributed by atoms with van der Waals surface area (Å²) < 4.78 is 0. The molecule has 1 saturated heterocycles. The maximum absolute atomic E-state index is 11.0. The summed E-state index contributed by atoms with van der Waals surface area (Å²) in [6, 6.07) is -0.601. The van der Waals surface area contributed by atoms with Gasteiger partial charge < -0.3 is 10.6 Å². The Kier molecular flexibility index (Phi) is 1.75. The summed E-state index contributed by atoms with van der Waals surface area (Å²) in [6.45, 7) is 2.68. The van der Waals surface area contributed by atoms with Gasteiger partial charge in [0.25, 0.3) is 5.91 Å². The zero-order chi connectivity index (χ0) is 9.35. The number of carbonyl (C=O) groups excluding carboxylic acids is 3. The van der Waals surface area contributed by atoms with E-state index in [0.29, 0.717) is 0 Å². The lowest BCUT2D eigenvalue weighted by Gasteiger charge is -2.20. The van der Waals surface area contributed by atoms with Gasteiger partial charge in [-0.25, -0.2) is 4.79 Å². The standard InChI is InChI=1S/C6H9N3O3/c1-3(10)8-6(2)4(11)7-5(12)9-6/h1-2H3,(H,8,10)(H2,7,9,11,12). The molecule has 0 aromatic heterocycles. The van der Waals surface area contributed by atoms with Crippen LogP contribution in [0.2, 0.25) is 0 Å². The van der Waals surface area contributed by atoms with Crippen molar-refractivity contribution in [2.75, 3.05) is 0 Å². The number of hydrogen-bond donors (Lipinski definition) is 3. The predicted octanol–water partition coefficient (Wildman–Crippen LogP) is -1.32. The van der Waals surface area contributed by atoms with Crippen LogP contribution in [0.4, 0.5) is 4.79 Å². The van der Waals surface area contributed by atoms with E-state index >= 15 is 0 Å². The van der Waals surface area contributed by atoms with Crippen LogP contribution in [0.1, 0.15) is 13.8 Å². The van der Waals surface area contributed by atoms with Crippen molar-refractivity contribution in [1.82, 2.24) is 16.0 Å². The molecule has 1 aliphatic rings. The Bertz CT molecular complexity index is 263. The molecule has 12 heavy (non-hydrogen) atoms. The number of amides is 4. The average Bonchev–Trinajstić information content (AvgIpc) is 2.04. The van der Waals surface area contributed by atoms with E-state index in [1.54, 1.807) is 0 Å². The number of nitrogens with one attached hydrogen (secondary N) is 3. The SMILES string of the molecule is CC(=O)NC1(C)NC(=O)NC1=O. The molecular formula is C6H9N3O3. The van der Waals surface area contributed by atoms with E-state index < -0.39 is 17.6 Å². The third-order valence-corrected chi connectivity index (χ3v) is 1.47. The molecule has 0 spiro atoms. The van der Waals surface area contributed by atoms with E-state index in [-0.39, 0.29) is 5.91 Å². The topological polar surface area (TPSA) is 87.3 Å². The van der Waals surface area contributed by atoms with Crippen LogP contribution in [-0.2, 0) is 9.59 Å². The Hall–Kier alpha value is -1.59. The third kappa shape index (κ3) is 1.36. The fourth-order valence-corrected chi connectivity index (χ4v) is 0.983. The molecule has 6 heteroatoms. The number of rotatable bonds is 1. The van der Waals surface area contributed by atoms with Gasteiger partial charge >= 0.3 is 6.03 Å². The first-order valence-corrected chi connectivity index (χ1v) is 3.36. The Morgan fingerprint density at radius 3 is 2.42 bits per heavy atom. The van der Waals surface area contributed by atoms with E-state index in [0.717, 1.165) is 0 Å². The Morgan fingerprint density at radius 1 is 1.50 bits per heavy atom. The molecule has 0 aromatic rings. The van der Waals surface area contributed by atoms with Crippen molar-refractivity contribution in [3.05, 3.63) is 0 Å². The lowest BCUT2D eigenvalue weighted by atomic mass is 10.2. The predicted molar refractivity (Wildman–Crippen MR) is 38.9 cm³/mol. The number of imide groups is 1. The Morgan fingerprint density at radius 2 is 2.08 bits per heavy atom. The quantitative estimate of drug-likeness (QED) is 0.427. The van der Waals surface area contributed by atoms with Crippen LogP contribution < -0.4 is 16.0 Å². The van der Waals surface area contributed by atoms with E-state index in [2.05, 4.69) is 10.6 Å². The van der Waals surface area contributed by atoms with Crippen molar-refractivity contribution in [3.63, 3.8) is 0 Å². The minimum absolute atomic E-state index is 0.380. The molecule has 0 radical (unpaired) electrons. The summed E-state index contributed by atoms with van der Waals surface area (Å²) >= 11 is 0. The molecule has 0 saturated carbocycles. The minimum atomic E-state index is -1.30. The second-order valence-electron chi connectivity index (χ2n) is 2.71. The Balaban J connectivity index is 2.77. The number of hydrogen-bond acceptors (Lipinski definition) is 3. The summed E-state index contributed by atoms with van der Waals surface area (Å²) in [5.74, 6) is -0.933. The molecule has 4 amide bonds. The van der Waals surface area contributed by atoms with Gasteiger partial charge in [-0.05, 0) is 6.92 Å². The molecule has 1 unspecified atom stereocenters. The monoisotopic (exact) mass is 171 g/mol. The maximum atomic E-state index is 11.0. The first-order chi connectivity index (χ1) is 5.44. The van der Waals surface area contributed by atoms with Crippen molar-refractivity contribution < 1.29 is 14.4 Å². The van der Waals surface area contributed by atoms with Crippen LogP contribution in [0.15, 0.2) is 0 Å². The van der Waals surface area contributed by atoms with E-state index in [1.807, 2.05) is 5.32 Å². The summed E-state index contributed by atoms with van der Waals surface area (Å²) in [4.78, 5) is 32.3. The summed E-state index contributed by atoms with van der Waals surface area (Å²) in [6.07, 6.45) is 0. The molecule has 1 atom stereocenters. The van der Waals surface area contributed by atoms with Crippen molar-refractivity contribution in [2.45, 2.75) is 19.5 Å². The molecule has 1 heterocycles. The van der Waals surface area contributed by atoms with Gasteiger partial charge in [-0.2, -0.15) is 0 Å². The maximum Gasteiger partial charge on any atom is 0.323 e. The lowest BCUT2D eigenvalue weighted by molar-refractivity contribution is -0.130. The van der Waals surface area contributed by atoms with Crippen LogP contribution in [0, 0.1) is 0 Å². The fourth-order valence-electron chi connectivity index (χ4n) is 0.983. The first kappa shape index (κ1) is 8.51. The van der Waals surface area contributed by atoms with Crippen LogP contribution in [0.3, 0.4) is 0 Å². The van der Waals surface area contributed by atoms with Crippen molar-refractivity contribution in [2.24, 2.45) is 0 Å². The Labute approximate surface area is 68.7 Å². The molecule has 1 aliphatic heterocycles. The number of urea groups is 1. The summed E-state index contributed by atoms with van der Waals surface area (Å²) in [5.41, 5.74) is -1.30. The van der Waals surface area contributed by atoms with Gasteiger partial charge in [-0.15, -0.1) is 0 Å². The van der Waals surface area contributed by atoms with E-state index in [1.165, 1.54) is 13.8 Å². The van der Waals surface area contributed by atoms with Crippen LogP contribution >= 0.6 is 0 Å². The molecule has 6 nitrogen and oxygen atoms in total. The molecule has 0 aliphatic carbocycles. The van der Waals surface area contributed by atoms with E-state index in [4.69, 9.17) is 0 Å². The largest absolute Gasteiger partial charge is 0.326 e. The number of carbonyl (C=O) groups is 3.